The van der Waals surface area contributed by atoms with Gasteiger partial charge in [0.15, 0.2) is 0 Å². The van der Waals surface area contributed by atoms with Crippen molar-refractivity contribution in [3.05, 3.63) is 131 Å². The van der Waals surface area contributed by atoms with Gasteiger partial charge in [0.05, 0.1) is 0 Å². The maximum Gasteiger partial charge on any atom is 0.211 e. The highest BCUT2D eigenvalue weighted by molar-refractivity contribution is 6.18. The van der Waals surface area contributed by atoms with E-state index in [4.69, 9.17) is 0 Å². The minimum Gasteiger partial charge on any atom is -0.328 e. The third-order valence-electron chi connectivity index (χ3n) is 6.12. The molecule has 0 bridgehead atoms. The zero-order chi connectivity index (χ0) is 24.7. The maximum atomic E-state index is 11.7. The Hall–Kier alpha value is -4.96. The summed E-state index contributed by atoms with van der Waals surface area (Å²) >= 11 is 0. The van der Waals surface area contributed by atoms with Gasteiger partial charge >= 0.3 is 0 Å². The number of hydrogen-bond donors (Lipinski definition) is 2. The van der Waals surface area contributed by atoms with E-state index in [0.717, 1.165) is 43.8 Å². The summed E-state index contributed by atoms with van der Waals surface area (Å²) in [6.45, 7) is 0. The lowest BCUT2D eigenvalue weighted by molar-refractivity contribution is -0.109. The van der Waals surface area contributed by atoms with E-state index in [0.29, 0.717) is 24.2 Å². The van der Waals surface area contributed by atoms with Crippen LogP contribution in [0.5, 0.6) is 0 Å². The minimum atomic E-state index is 0.701. The third kappa shape index (κ3) is 4.52. The van der Waals surface area contributed by atoms with Gasteiger partial charge < -0.3 is 10.6 Å². The van der Waals surface area contributed by atoms with Gasteiger partial charge in [-0.3, -0.25) is 9.59 Å². The molecule has 5 rings (SSSR count). The van der Waals surface area contributed by atoms with Gasteiger partial charge in [-0.05, 0) is 44.8 Å². The molecule has 0 aromatic heterocycles. The summed E-state index contributed by atoms with van der Waals surface area (Å²) in [5, 5.41) is 9.75. The van der Waals surface area contributed by atoms with Crippen molar-refractivity contribution in [2.75, 3.05) is 0 Å². The summed E-state index contributed by atoms with van der Waals surface area (Å²) in [5.74, 6) is 0. The minimum absolute atomic E-state index is 0.701. The van der Waals surface area contributed by atoms with Gasteiger partial charge in [0, 0.05) is 22.5 Å². The Kier molecular flexibility index (Phi) is 6.68. The molecule has 0 spiro atoms. The topological polar surface area (TPSA) is 58.2 Å². The predicted molar refractivity (Wildman–Crippen MR) is 148 cm³/mol. The molecule has 0 atom stereocenters. The van der Waals surface area contributed by atoms with Crippen LogP contribution in [0.25, 0.3) is 45.1 Å². The van der Waals surface area contributed by atoms with E-state index in [9.17, 15) is 9.59 Å². The van der Waals surface area contributed by atoms with Crippen LogP contribution in [0.2, 0.25) is 0 Å². The Labute approximate surface area is 209 Å². The molecular weight excluding hydrogens is 444 g/mol. The quantitative estimate of drug-likeness (QED) is 0.156. The molecule has 2 amide bonds. The molecule has 0 heterocycles. The molecule has 174 valence electrons. The largest absolute Gasteiger partial charge is 0.328 e. The lowest BCUT2D eigenvalue weighted by Crippen LogP contribution is -2.13. The van der Waals surface area contributed by atoms with Crippen molar-refractivity contribution in [2.45, 2.75) is 0 Å². The second-order valence-corrected chi connectivity index (χ2v) is 8.30. The molecule has 5 aromatic rings. The fourth-order valence-electron chi connectivity index (χ4n) is 4.64. The molecule has 0 aliphatic heterocycles. The van der Waals surface area contributed by atoms with E-state index in [1.54, 1.807) is 0 Å². The summed E-state index contributed by atoms with van der Waals surface area (Å²) < 4.78 is 0. The number of rotatable bonds is 8. The van der Waals surface area contributed by atoms with Crippen LogP contribution in [-0.4, -0.2) is 12.8 Å². The van der Waals surface area contributed by atoms with E-state index in [1.165, 1.54) is 0 Å². The van der Waals surface area contributed by atoms with Gasteiger partial charge in [-0.2, -0.15) is 0 Å². The second-order valence-electron chi connectivity index (χ2n) is 8.30. The average Bonchev–Trinajstić information content (AvgIpc) is 2.92. The van der Waals surface area contributed by atoms with Crippen LogP contribution in [0.1, 0.15) is 22.3 Å². The zero-order valence-corrected chi connectivity index (χ0v) is 19.5. The van der Waals surface area contributed by atoms with Gasteiger partial charge in [0.25, 0.3) is 0 Å². The molecule has 0 radical (unpaired) electrons. The van der Waals surface area contributed by atoms with Crippen molar-refractivity contribution in [3.63, 3.8) is 0 Å². The zero-order valence-electron chi connectivity index (χ0n) is 19.5. The Bertz CT molecular complexity index is 1430. The van der Waals surface area contributed by atoms with Crippen LogP contribution in [0, 0.1) is 0 Å². The highest BCUT2D eigenvalue weighted by atomic mass is 16.1. The summed E-state index contributed by atoms with van der Waals surface area (Å²) in [6.07, 6.45) is 5.38. The lowest BCUT2D eigenvalue weighted by Gasteiger charge is -2.20. The molecule has 5 aromatic carbocycles. The van der Waals surface area contributed by atoms with Gasteiger partial charge in [-0.25, -0.2) is 0 Å². The normalized spacial score (nSPS) is 11.9. The Morgan fingerprint density at radius 2 is 0.750 bits per heavy atom. The van der Waals surface area contributed by atoms with Crippen LogP contribution < -0.4 is 10.6 Å². The second kappa shape index (κ2) is 10.5. The summed E-state index contributed by atoms with van der Waals surface area (Å²) in [7, 11) is 0. The van der Waals surface area contributed by atoms with Crippen LogP contribution in [0.3, 0.4) is 0 Å². The summed E-state index contributed by atoms with van der Waals surface area (Å²) in [6, 6.07) is 35.9. The van der Waals surface area contributed by atoms with Gasteiger partial charge in [-0.15, -0.1) is 0 Å². The van der Waals surface area contributed by atoms with Crippen molar-refractivity contribution in [1.29, 1.82) is 0 Å². The number of amides is 2. The molecule has 0 saturated heterocycles. The van der Waals surface area contributed by atoms with E-state index in [2.05, 4.69) is 10.6 Å². The SMILES string of the molecule is O=CNC(=Cc1ccccc1)c1c2ccccc2c(C(=Cc2ccccc2)NC=O)c2ccccc12. The van der Waals surface area contributed by atoms with Crippen LogP contribution in [-0.2, 0) is 9.59 Å². The smallest absolute Gasteiger partial charge is 0.211 e. The van der Waals surface area contributed by atoms with Gasteiger partial charge in [-0.1, -0.05) is 109 Å². The van der Waals surface area contributed by atoms with E-state index in [-0.39, 0.29) is 0 Å². The fourth-order valence-corrected chi connectivity index (χ4v) is 4.64. The first-order chi connectivity index (χ1) is 17.8. The molecule has 4 heteroatoms. The molecular formula is C32H24N2O2. The first-order valence-corrected chi connectivity index (χ1v) is 11.7. The number of benzene rings is 5. The van der Waals surface area contributed by atoms with E-state index < -0.39 is 0 Å². The predicted octanol–water partition coefficient (Wildman–Crippen LogP) is 6.48. The summed E-state index contributed by atoms with van der Waals surface area (Å²) in [4.78, 5) is 23.4. The number of hydrogen-bond acceptors (Lipinski definition) is 2. The van der Waals surface area contributed by atoms with Gasteiger partial charge in [0.1, 0.15) is 0 Å². The highest BCUT2D eigenvalue weighted by Gasteiger charge is 2.19. The number of carbonyl (C=O) groups excluding carboxylic acids is 2. The van der Waals surface area contributed by atoms with E-state index >= 15 is 0 Å². The lowest BCUT2D eigenvalue weighted by atomic mass is 9.88. The van der Waals surface area contributed by atoms with Crippen molar-refractivity contribution >= 4 is 57.9 Å². The van der Waals surface area contributed by atoms with Crippen molar-refractivity contribution in [2.24, 2.45) is 0 Å². The Morgan fingerprint density at radius 1 is 0.444 bits per heavy atom. The van der Waals surface area contributed by atoms with Gasteiger partial charge in [0.2, 0.25) is 12.8 Å². The van der Waals surface area contributed by atoms with Crippen molar-refractivity contribution in [3.8, 4) is 0 Å². The molecule has 0 aliphatic rings. The fraction of sp³-hybridized carbons (Fsp3) is 0. The monoisotopic (exact) mass is 468 g/mol. The van der Waals surface area contributed by atoms with Crippen LogP contribution >= 0.6 is 0 Å². The summed E-state index contributed by atoms with van der Waals surface area (Å²) in [5.41, 5.74) is 5.20. The third-order valence-corrected chi connectivity index (χ3v) is 6.12. The van der Waals surface area contributed by atoms with Crippen molar-refractivity contribution in [1.82, 2.24) is 10.6 Å². The standard InChI is InChI=1S/C32H24N2O2/c35-21-33-29(19-23-11-3-1-4-12-23)31-25-15-7-9-17-27(25)32(28-18-10-8-16-26(28)31)30(34-22-36)20-24-13-5-2-6-14-24/h1-22H,(H,33,35)(H,34,36). The molecule has 36 heavy (non-hydrogen) atoms. The number of nitrogens with one attached hydrogen (secondary N) is 2. The first kappa shape index (κ1) is 22.8. The van der Waals surface area contributed by atoms with Crippen LogP contribution in [0.4, 0.5) is 0 Å². The Morgan fingerprint density at radius 3 is 1.06 bits per heavy atom. The maximum absolute atomic E-state index is 11.7. The molecule has 0 saturated carbocycles. The highest BCUT2D eigenvalue weighted by Crippen LogP contribution is 2.39. The average molecular weight is 469 g/mol. The number of carbonyl (C=O) groups is 2. The first-order valence-electron chi connectivity index (χ1n) is 11.7. The molecule has 4 nitrogen and oxygen atoms in total. The molecule has 2 N–H and O–H groups in total. The molecule has 0 fully saturated rings. The van der Waals surface area contributed by atoms with E-state index in [1.807, 2.05) is 121 Å². The Balaban J connectivity index is 1.87. The van der Waals surface area contributed by atoms with Crippen LogP contribution in [0.15, 0.2) is 109 Å². The molecule has 0 unspecified atom stereocenters. The molecule has 0 aliphatic carbocycles. The number of fused-ring (bicyclic) bond motifs is 2. The van der Waals surface area contributed by atoms with Crippen molar-refractivity contribution < 1.29 is 9.59 Å².